The van der Waals surface area contributed by atoms with Crippen molar-refractivity contribution in [2.24, 2.45) is 0 Å². The first-order valence-corrected chi connectivity index (χ1v) is 6.00. The van der Waals surface area contributed by atoms with E-state index in [1.807, 2.05) is 31.2 Å². The highest BCUT2D eigenvalue weighted by molar-refractivity contribution is 5.91. The smallest absolute Gasteiger partial charge is 0.244 e. The second-order valence-electron chi connectivity index (χ2n) is 4.23. The van der Waals surface area contributed by atoms with Crippen LogP contribution in [0.2, 0.25) is 0 Å². The fraction of sp³-hybridized carbons (Fsp3) is 0.133. The first-order valence-electron chi connectivity index (χ1n) is 6.00. The third-order valence-corrected chi connectivity index (χ3v) is 2.57. The molecule has 2 rings (SSSR count). The van der Waals surface area contributed by atoms with Crippen molar-refractivity contribution in [1.29, 1.82) is 0 Å². The van der Waals surface area contributed by atoms with Crippen LogP contribution < -0.4 is 11.1 Å². The van der Waals surface area contributed by atoms with Gasteiger partial charge >= 0.3 is 0 Å². The molecule has 1 heterocycles. The molecule has 2 aromatic rings. The van der Waals surface area contributed by atoms with Gasteiger partial charge in [-0.25, -0.2) is 0 Å². The van der Waals surface area contributed by atoms with E-state index >= 15 is 0 Å². The predicted molar refractivity (Wildman–Crippen MR) is 75.2 cm³/mol. The first-order chi connectivity index (χ1) is 9.13. The fourth-order valence-electron chi connectivity index (χ4n) is 1.65. The normalized spacial score (nSPS) is 10.8. The molecule has 98 valence electrons. The Bertz CT molecular complexity index is 600. The topological polar surface area (TPSA) is 68.3 Å². The summed E-state index contributed by atoms with van der Waals surface area (Å²) >= 11 is 0. The Labute approximate surface area is 111 Å². The Hall–Kier alpha value is -2.49. The molecule has 0 spiro atoms. The van der Waals surface area contributed by atoms with Crippen molar-refractivity contribution in [3.8, 4) is 0 Å². The highest BCUT2D eigenvalue weighted by atomic mass is 16.3. The molecule has 0 bridgehead atoms. The van der Waals surface area contributed by atoms with Crippen LogP contribution in [0.15, 0.2) is 46.9 Å². The number of rotatable bonds is 4. The molecule has 0 aliphatic carbocycles. The predicted octanol–water partition coefficient (Wildman–Crippen LogP) is 2.50. The Morgan fingerprint density at radius 3 is 2.89 bits per heavy atom. The van der Waals surface area contributed by atoms with E-state index in [4.69, 9.17) is 10.2 Å². The number of hydrogen-bond donors (Lipinski definition) is 2. The molecule has 0 saturated heterocycles. The lowest BCUT2D eigenvalue weighted by molar-refractivity contribution is -0.116. The van der Waals surface area contributed by atoms with Crippen LogP contribution in [0.3, 0.4) is 0 Å². The summed E-state index contributed by atoms with van der Waals surface area (Å²) < 4.78 is 5.36. The molecular formula is C15H16N2O2. The van der Waals surface area contributed by atoms with E-state index < -0.39 is 0 Å². The number of amides is 1. The quantitative estimate of drug-likeness (QED) is 0.652. The number of furan rings is 1. The zero-order valence-electron chi connectivity index (χ0n) is 10.7. The number of nitrogen functional groups attached to an aromatic ring is 1. The lowest BCUT2D eigenvalue weighted by Gasteiger charge is -1.99. The maximum Gasteiger partial charge on any atom is 0.244 e. The zero-order chi connectivity index (χ0) is 13.7. The Kier molecular flexibility index (Phi) is 4.03. The SMILES string of the molecule is Cc1ccc(CNC(=O)/C=C/c2cccc(N)c2)o1. The molecule has 1 aromatic carbocycles. The van der Waals surface area contributed by atoms with Gasteiger partial charge in [0.25, 0.3) is 0 Å². The summed E-state index contributed by atoms with van der Waals surface area (Å²) in [6, 6.07) is 11.0. The number of carbonyl (C=O) groups is 1. The van der Waals surface area contributed by atoms with E-state index in [-0.39, 0.29) is 5.91 Å². The highest BCUT2D eigenvalue weighted by Gasteiger charge is 2.00. The van der Waals surface area contributed by atoms with Gasteiger partial charge in [0, 0.05) is 11.8 Å². The van der Waals surface area contributed by atoms with Gasteiger partial charge in [0.15, 0.2) is 0 Å². The van der Waals surface area contributed by atoms with E-state index in [2.05, 4.69) is 5.32 Å². The van der Waals surface area contributed by atoms with Gasteiger partial charge in [0.1, 0.15) is 11.5 Å². The van der Waals surface area contributed by atoms with Crippen LogP contribution in [0.4, 0.5) is 5.69 Å². The number of benzene rings is 1. The highest BCUT2D eigenvalue weighted by Crippen LogP contribution is 2.08. The van der Waals surface area contributed by atoms with Crippen molar-refractivity contribution >= 4 is 17.7 Å². The molecule has 0 aliphatic rings. The molecule has 0 unspecified atom stereocenters. The summed E-state index contributed by atoms with van der Waals surface area (Å²) in [5.74, 6) is 1.40. The van der Waals surface area contributed by atoms with E-state index in [1.165, 1.54) is 6.08 Å². The van der Waals surface area contributed by atoms with Crippen LogP contribution in [0, 0.1) is 6.92 Å². The summed E-state index contributed by atoms with van der Waals surface area (Å²) in [6.45, 7) is 2.25. The van der Waals surface area contributed by atoms with E-state index in [1.54, 1.807) is 18.2 Å². The molecule has 3 N–H and O–H groups in total. The number of anilines is 1. The minimum absolute atomic E-state index is 0.170. The van der Waals surface area contributed by atoms with Crippen LogP contribution in [0.25, 0.3) is 6.08 Å². The summed E-state index contributed by atoms with van der Waals surface area (Å²) in [6.07, 6.45) is 3.20. The molecule has 4 heteroatoms. The molecule has 0 atom stereocenters. The second-order valence-corrected chi connectivity index (χ2v) is 4.23. The second kappa shape index (κ2) is 5.91. The zero-order valence-corrected chi connectivity index (χ0v) is 10.7. The number of aryl methyl sites for hydroxylation is 1. The summed E-state index contributed by atoms with van der Waals surface area (Å²) in [7, 11) is 0. The van der Waals surface area contributed by atoms with Gasteiger partial charge in [0.2, 0.25) is 5.91 Å². The van der Waals surface area contributed by atoms with Gasteiger partial charge in [-0.3, -0.25) is 4.79 Å². The molecular weight excluding hydrogens is 240 g/mol. The fourth-order valence-corrected chi connectivity index (χ4v) is 1.65. The molecule has 1 aromatic heterocycles. The van der Waals surface area contributed by atoms with Crippen LogP contribution in [0.1, 0.15) is 17.1 Å². The van der Waals surface area contributed by atoms with Crippen molar-refractivity contribution in [3.63, 3.8) is 0 Å². The Morgan fingerprint density at radius 1 is 1.37 bits per heavy atom. The number of carbonyl (C=O) groups excluding carboxylic acids is 1. The van der Waals surface area contributed by atoms with Crippen LogP contribution >= 0.6 is 0 Å². The van der Waals surface area contributed by atoms with Gasteiger partial charge < -0.3 is 15.5 Å². The van der Waals surface area contributed by atoms with E-state index in [0.29, 0.717) is 12.2 Å². The molecule has 0 aliphatic heterocycles. The molecule has 0 saturated carbocycles. The van der Waals surface area contributed by atoms with Crippen molar-refractivity contribution in [2.45, 2.75) is 13.5 Å². The van der Waals surface area contributed by atoms with Crippen molar-refractivity contribution in [3.05, 3.63) is 59.6 Å². The maximum atomic E-state index is 11.6. The van der Waals surface area contributed by atoms with Gasteiger partial charge in [-0.1, -0.05) is 12.1 Å². The monoisotopic (exact) mass is 256 g/mol. The van der Waals surface area contributed by atoms with Crippen LogP contribution in [-0.2, 0) is 11.3 Å². The van der Waals surface area contributed by atoms with Crippen molar-refractivity contribution < 1.29 is 9.21 Å². The van der Waals surface area contributed by atoms with Gasteiger partial charge in [0.05, 0.1) is 6.54 Å². The van der Waals surface area contributed by atoms with E-state index in [0.717, 1.165) is 17.1 Å². The third-order valence-electron chi connectivity index (χ3n) is 2.57. The summed E-state index contributed by atoms with van der Waals surface area (Å²) in [4.78, 5) is 11.6. The standard InChI is InChI=1S/C15H16N2O2/c1-11-5-7-14(19-11)10-17-15(18)8-6-12-3-2-4-13(16)9-12/h2-9H,10,16H2,1H3,(H,17,18)/b8-6+. The van der Waals surface area contributed by atoms with E-state index in [9.17, 15) is 4.79 Å². The lowest BCUT2D eigenvalue weighted by Crippen LogP contribution is -2.19. The number of hydrogen-bond acceptors (Lipinski definition) is 3. The summed E-state index contributed by atoms with van der Waals surface area (Å²) in [5, 5.41) is 2.75. The van der Waals surface area contributed by atoms with Gasteiger partial charge in [-0.05, 0) is 42.8 Å². The molecule has 0 radical (unpaired) electrons. The average Bonchev–Trinajstić information content (AvgIpc) is 2.80. The van der Waals surface area contributed by atoms with Gasteiger partial charge in [-0.2, -0.15) is 0 Å². The molecule has 1 amide bonds. The van der Waals surface area contributed by atoms with Crippen molar-refractivity contribution in [2.75, 3.05) is 5.73 Å². The molecule has 19 heavy (non-hydrogen) atoms. The van der Waals surface area contributed by atoms with Crippen LogP contribution in [0.5, 0.6) is 0 Å². The van der Waals surface area contributed by atoms with Gasteiger partial charge in [-0.15, -0.1) is 0 Å². The Morgan fingerprint density at radius 2 is 2.21 bits per heavy atom. The average molecular weight is 256 g/mol. The third kappa shape index (κ3) is 4.03. The largest absolute Gasteiger partial charge is 0.465 e. The maximum absolute atomic E-state index is 11.6. The first kappa shape index (κ1) is 13.0. The van der Waals surface area contributed by atoms with Crippen LogP contribution in [-0.4, -0.2) is 5.91 Å². The number of nitrogens with two attached hydrogens (primary N) is 1. The minimum Gasteiger partial charge on any atom is -0.465 e. The lowest BCUT2D eigenvalue weighted by atomic mass is 10.2. The van der Waals surface area contributed by atoms with Crippen molar-refractivity contribution in [1.82, 2.24) is 5.32 Å². The molecule has 4 nitrogen and oxygen atoms in total. The molecule has 0 fully saturated rings. The Balaban J connectivity index is 1.87. The minimum atomic E-state index is -0.170. The summed E-state index contributed by atoms with van der Waals surface area (Å²) in [5.41, 5.74) is 7.22. The number of nitrogens with one attached hydrogen (secondary N) is 1.